The van der Waals surface area contributed by atoms with Gasteiger partial charge in [0.05, 0.1) is 30.7 Å². The molecule has 0 bridgehead atoms. The molecule has 0 spiro atoms. The minimum absolute atomic E-state index is 0.145. The summed E-state index contributed by atoms with van der Waals surface area (Å²) in [4.78, 5) is 44.7. The van der Waals surface area contributed by atoms with Gasteiger partial charge in [0.25, 0.3) is 0 Å². The Morgan fingerprint density at radius 3 is 1.59 bits per heavy atom. The lowest BCUT2D eigenvalue weighted by Gasteiger charge is -2.10. The molecule has 1 aromatic carbocycles. The summed E-state index contributed by atoms with van der Waals surface area (Å²) in [6.07, 6.45) is 5.33. The van der Waals surface area contributed by atoms with E-state index < -0.39 is 18.0 Å². The van der Waals surface area contributed by atoms with Crippen LogP contribution >= 0.6 is 22.7 Å². The Bertz CT molecular complexity index is 2600. The number of carbonyl (C=O) groups excluding carboxylic acids is 3. The fourth-order valence-corrected chi connectivity index (χ4v) is 7.52. The summed E-state index contributed by atoms with van der Waals surface area (Å²) >= 11 is 2.73. The molecular weight excluding hydrogens is 898 g/mol. The Hall–Kier alpha value is -7.40. The number of unbranched alkanes of at least 4 members (excludes halogenated alkanes) is 2. The maximum atomic E-state index is 12.4. The Labute approximate surface area is 384 Å². The number of nitrogens with one attached hydrogen (secondary N) is 3. The van der Waals surface area contributed by atoms with E-state index in [2.05, 4.69) is 71.4 Å². The van der Waals surface area contributed by atoms with Crippen LogP contribution in [0.5, 0.6) is 5.75 Å². The number of nitrogen functional groups attached to an aromatic ring is 1. The monoisotopic (exact) mass is 940 g/mol. The molecule has 0 fully saturated rings. The first-order chi connectivity index (χ1) is 31.9. The van der Waals surface area contributed by atoms with Crippen molar-refractivity contribution in [3.63, 3.8) is 0 Å². The number of nitrogens with two attached hydrogens (primary N) is 1. The van der Waals surface area contributed by atoms with E-state index in [-0.39, 0.29) is 36.9 Å². The third kappa shape index (κ3) is 17.6. The molecule has 7 rings (SSSR count). The van der Waals surface area contributed by atoms with Crippen molar-refractivity contribution < 1.29 is 32.3 Å². The number of alkyl halides is 3. The molecule has 0 aliphatic heterocycles. The molecule has 18 nitrogen and oxygen atoms in total. The van der Waals surface area contributed by atoms with Gasteiger partial charge in [-0.15, -0.1) is 43.8 Å². The van der Waals surface area contributed by atoms with Crippen LogP contribution in [0.1, 0.15) is 64.0 Å². The number of benzene rings is 1. The molecule has 0 unspecified atom stereocenters. The fourth-order valence-electron chi connectivity index (χ4n) is 5.92. The number of halogens is 3. The highest BCUT2D eigenvalue weighted by molar-refractivity contribution is 7.15. The number of ether oxygens (including phenoxy) is 1. The number of anilines is 4. The van der Waals surface area contributed by atoms with Crippen molar-refractivity contribution in [3.8, 4) is 5.75 Å². The number of aryl methyl sites for hydroxylation is 4. The zero-order valence-corrected chi connectivity index (χ0v) is 36.8. The van der Waals surface area contributed by atoms with Crippen LogP contribution in [-0.2, 0) is 59.3 Å². The second-order valence-corrected chi connectivity index (χ2v) is 16.4. The van der Waals surface area contributed by atoms with Gasteiger partial charge in [0, 0.05) is 36.6 Å². The molecular formula is C43H43F3N14O4S2. The Kier molecular flexibility index (Phi) is 17.9. The third-order valence-corrected chi connectivity index (χ3v) is 10.7. The van der Waals surface area contributed by atoms with Gasteiger partial charge >= 0.3 is 6.36 Å². The first kappa shape index (κ1) is 48.1. The van der Waals surface area contributed by atoms with Crippen LogP contribution in [0.15, 0.2) is 97.3 Å². The highest BCUT2D eigenvalue weighted by Gasteiger charge is 2.31. The number of amides is 3. The molecule has 66 heavy (non-hydrogen) atoms. The molecule has 342 valence electrons. The van der Waals surface area contributed by atoms with Crippen LogP contribution in [0.3, 0.4) is 0 Å². The summed E-state index contributed by atoms with van der Waals surface area (Å²) < 4.78 is 41.1. The lowest BCUT2D eigenvalue weighted by molar-refractivity contribution is -0.274. The van der Waals surface area contributed by atoms with Crippen LogP contribution in [0.25, 0.3) is 0 Å². The van der Waals surface area contributed by atoms with Crippen molar-refractivity contribution in [2.75, 3.05) is 21.7 Å². The second-order valence-electron chi connectivity index (χ2n) is 14.3. The molecule has 6 heterocycles. The SMILES string of the molecule is Nc1ccc(CCCCc2nnc(NC(=O)Cc3ccccn3)s2)nn1.O=C(Cc1cccc(OC(F)(F)F)c1)Nc1ccc(CCCCc2nnc(NC(=O)Cc3ccccn3)s2)nn1. The minimum Gasteiger partial charge on any atom is -0.406 e. The van der Waals surface area contributed by atoms with E-state index in [0.29, 0.717) is 40.2 Å². The number of hydrogen-bond acceptors (Lipinski definition) is 17. The van der Waals surface area contributed by atoms with Crippen molar-refractivity contribution in [2.24, 2.45) is 0 Å². The summed E-state index contributed by atoms with van der Waals surface area (Å²) in [5, 5.41) is 43.1. The Morgan fingerprint density at radius 2 is 1.09 bits per heavy atom. The summed E-state index contributed by atoms with van der Waals surface area (Å²) in [5.74, 6) is -0.520. The molecule has 7 aromatic rings. The zero-order chi connectivity index (χ0) is 46.6. The van der Waals surface area contributed by atoms with Crippen molar-refractivity contribution in [1.82, 2.24) is 50.8 Å². The quantitative estimate of drug-likeness (QED) is 0.0588. The van der Waals surface area contributed by atoms with Crippen molar-refractivity contribution in [2.45, 2.75) is 77.0 Å². The highest BCUT2D eigenvalue weighted by Crippen LogP contribution is 2.24. The van der Waals surface area contributed by atoms with Gasteiger partial charge in [0.2, 0.25) is 28.0 Å². The van der Waals surface area contributed by atoms with Gasteiger partial charge in [-0.2, -0.15) is 10.2 Å². The molecule has 0 saturated heterocycles. The summed E-state index contributed by atoms with van der Waals surface area (Å²) in [6, 6.07) is 23.1. The maximum Gasteiger partial charge on any atom is 0.573 e. The van der Waals surface area contributed by atoms with Crippen LogP contribution in [-0.4, -0.2) is 74.8 Å². The zero-order valence-electron chi connectivity index (χ0n) is 35.1. The van der Waals surface area contributed by atoms with Gasteiger partial charge in [0.1, 0.15) is 21.6 Å². The molecule has 0 aliphatic rings. The second kappa shape index (κ2) is 24.6. The molecule has 23 heteroatoms. The molecule has 3 amide bonds. The van der Waals surface area contributed by atoms with Gasteiger partial charge in [-0.25, -0.2) is 0 Å². The third-order valence-electron chi connectivity index (χ3n) is 8.93. The average Bonchev–Trinajstić information content (AvgIpc) is 3.94. The molecule has 0 radical (unpaired) electrons. The van der Waals surface area contributed by atoms with Crippen molar-refractivity contribution >= 4 is 62.3 Å². The van der Waals surface area contributed by atoms with E-state index in [0.717, 1.165) is 77.8 Å². The van der Waals surface area contributed by atoms with Gasteiger partial charge in [0.15, 0.2) is 5.82 Å². The van der Waals surface area contributed by atoms with Crippen LogP contribution in [0.2, 0.25) is 0 Å². The maximum absolute atomic E-state index is 12.4. The van der Waals surface area contributed by atoms with Crippen LogP contribution < -0.4 is 26.4 Å². The largest absolute Gasteiger partial charge is 0.573 e. The predicted octanol–water partition coefficient (Wildman–Crippen LogP) is 6.60. The standard InChI is InChI=1S/C26H24F3N7O3S.C17H19N7OS/c27-26(28,29)39-20-9-5-6-17(14-20)15-22(37)31-21-12-11-18(33-34-21)7-1-2-10-24-35-36-25(40-24)32-23(38)16-19-8-3-4-13-30-19;18-14-9-8-12(21-22-14)5-1-2-7-16-23-24-17(26-16)20-15(25)11-13-6-3-4-10-19-13/h3-6,8-9,11-14H,1-2,7,10,15-16H2,(H,31,34,37)(H,32,36,38);3-4,6,8-10H,1-2,5,7,11H2,(H2,18,22)(H,20,24,25). The highest BCUT2D eigenvalue weighted by atomic mass is 32.1. The van der Waals surface area contributed by atoms with Gasteiger partial charge in [-0.1, -0.05) is 46.9 Å². The Morgan fingerprint density at radius 1 is 0.545 bits per heavy atom. The van der Waals surface area contributed by atoms with E-state index in [1.165, 1.54) is 34.8 Å². The number of nitrogens with zero attached hydrogens (tertiary/aromatic N) is 10. The van der Waals surface area contributed by atoms with Gasteiger partial charge in [-0.05, 0) is 105 Å². The first-order valence-electron chi connectivity index (χ1n) is 20.5. The summed E-state index contributed by atoms with van der Waals surface area (Å²) in [6.45, 7) is 0. The topological polar surface area (TPSA) is 251 Å². The number of rotatable bonds is 20. The van der Waals surface area contributed by atoms with E-state index >= 15 is 0 Å². The van der Waals surface area contributed by atoms with E-state index in [4.69, 9.17) is 5.73 Å². The molecule has 6 aromatic heterocycles. The van der Waals surface area contributed by atoms with Gasteiger partial charge < -0.3 is 26.4 Å². The van der Waals surface area contributed by atoms with Crippen LogP contribution in [0, 0.1) is 0 Å². The van der Waals surface area contributed by atoms with Gasteiger partial charge in [-0.3, -0.25) is 24.4 Å². The smallest absolute Gasteiger partial charge is 0.406 e. The van der Waals surface area contributed by atoms with Crippen LogP contribution in [0.4, 0.5) is 35.1 Å². The first-order valence-corrected chi connectivity index (χ1v) is 22.1. The van der Waals surface area contributed by atoms with E-state index in [1.807, 2.05) is 30.3 Å². The number of aromatic nitrogens is 10. The lowest BCUT2D eigenvalue weighted by atomic mass is 10.1. The molecule has 0 saturated carbocycles. The number of pyridine rings is 2. The molecule has 5 N–H and O–H groups in total. The predicted molar refractivity (Wildman–Crippen MR) is 240 cm³/mol. The summed E-state index contributed by atoms with van der Waals surface area (Å²) in [5.41, 5.74) is 8.95. The van der Waals surface area contributed by atoms with E-state index in [1.54, 1.807) is 42.7 Å². The molecule has 0 aliphatic carbocycles. The minimum atomic E-state index is -4.81. The lowest BCUT2D eigenvalue weighted by Crippen LogP contribution is -2.18. The van der Waals surface area contributed by atoms with Crippen molar-refractivity contribution in [1.29, 1.82) is 0 Å². The Balaban J connectivity index is 0.000000239. The summed E-state index contributed by atoms with van der Waals surface area (Å²) in [7, 11) is 0. The number of carbonyl (C=O) groups is 3. The average molecular weight is 941 g/mol. The molecule has 0 atom stereocenters. The number of hydrogen-bond donors (Lipinski definition) is 4. The van der Waals surface area contributed by atoms with E-state index in [9.17, 15) is 27.6 Å². The normalized spacial score (nSPS) is 11.0. The fraction of sp³-hybridized carbons (Fsp3) is 0.279. The van der Waals surface area contributed by atoms with Crippen molar-refractivity contribution in [3.05, 3.63) is 136 Å².